The fourth-order valence-electron chi connectivity index (χ4n) is 2.17. The van der Waals surface area contributed by atoms with Crippen molar-refractivity contribution in [3.63, 3.8) is 0 Å². The van der Waals surface area contributed by atoms with E-state index in [1.54, 1.807) is 6.20 Å². The Hall–Kier alpha value is -1.68. The molecule has 0 atom stereocenters. The predicted octanol–water partition coefficient (Wildman–Crippen LogP) is 0.702. The molecule has 0 aromatic carbocycles. The molecule has 2 aliphatic heterocycles. The summed E-state index contributed by atoms with van der Waals surface area (Å²) in [7, 11) is 0. The van der Waals surface area contributed by atoms with E-state index in [0.29, 0.717) is 12.2 Å². The second-order valence-corrected chi connectivity index (χ2v) is 4.10. The van der Waals surface area contributed by atoms with Gasteiger partial charge in [0.2, 0.25) is 0 Å². The van der Waals surface area contributed by atoms with Gasteiger partial charge in [-0.2, -0.15) is 0 Å². The summed E-state index contributed by atoms with van der Waals surface area (Å²) in [6.07, 6.45) is 5.03. The van der Waals surface area contributed by atoms with Crippen LogP contribution in [0.3, 0.4) is 0 Å². The molecule has 4 nitrogen and oxygen atoms in total. The number of carbonyl (C=O) groups is 1. The molecule has 0 aliphatic carbocycles. The summed E-state index contributed by atoms with van der Waals surface area (Å²) in [5.74, 6) is -0.0548. The topological polar surface area (TPSA) is 54.0 Å². The van der Waals surface area contributed by atoms with Gasteiger partial charge in [-0.3, -0.25) is 9.78 Å². The molecule has 1 aromatic heterocycles. The van der Waals surface area contributed by atoms with E-state index >= 15 is 0 Å². The van der Waals surface area contributed by atoms with Crippen LogP contribution in [0.1, 0.15) is 28.0 Å². The zero-order valence-corrected chi connectivity index (χ0v) is 8.92. The summed E-state index contributed by atoms with van der Waals surface area (Å²) in [4.78, 5) is 15.6. The highest BCUT2D eigenvalue weighted by Gasteiger charge is 2.21. The molecule has 0 radical (unpaired) electrons. The number of amides is 1. The molecule has 1 amide bonds. The number of hydrogen-bond donors (Lipinski definition) is 2. The quantitative estimate of drug-likeness (QED) is 0.725. The second-order valence-electron chi connectivity index (χ2n) is 4.10. The highest BCUT2D eigenvalue weighted by molar-refractivity contribution is 5.96. The Balaban J connectivity index is 1.98. The van der Waals surface area contributed by atoms with Gasteiger partial charge >= 0.3 is 0 Å². The number of hydrogen-bond acceptors (Lipinski definition) is 3. The number of fused-ring (bicyclic) bond motifs is 1. The summed E-state index contributed by atoms with van der Waals surface area (Å²) in [6.45, 7) is 2.55. The zero-order chi connectivity index (χ0) is 11.0. The Morgan fingerprint density at radius 2 is 2.31 bits per heavy atom. The molecule has 0 unspecified atom stereocenters. The van der Waals surface area contributed by atoms with Crippen LogP contribution in [0, 0.1) is 0 Å². The second kappa shape index (κ2) is 3.72. The van der Waals surface area contributed by atoms with E-state index in [9.17, 15) is 4.79 Å². The smallest absolute Gasteiger partial charge is 0.270 e. The number of rotatable bonds is 1. The van der Waals surface area contributed by atoms with Crippen LogP contribution in [0.5, 0.6) is 0 Å². The van der Waals surface area contributed by atoms with E-state index in [1.165, 1.54) is 5.57 Å². The van der Waals surface area contributed by atoms with Crippen molar-refractivity contribution in [2.45, 2.75) is 13.0 Å². The summed E-state index contributed by atoms with van der Waals surface area (Å²) in [5.41, 5.74) is 4.07. The van der Waals surface area contributed by atoms with Gasteiger partial charge < -0.3 is 10.6 Å². The van der Waals surface area contributed by atoms with Crippen molar-refractivity contribution in [3.8, 4) is 0 Å². The molecule has 4 heteroatoms. The van der Waals surface area contributed by atoms with Crippen LogP contribution in [-0.2, 0) is 6.54 Å². The van der Waals surface area contributed by atoms with Gasteiger partial charge in [0, 0.05) is 24.8 Å². The minimum atomic E-state index is -0.0548. The van der Waals surface area contributed by atoms with E-state index in [2.05, 4.69) is 27.8 Å². The lowest BCUT2D eigenvalue weighted by molar-refractivity contribution is 0.0961. The summed E-state index contributed by atoms with van der Waals surface area (Å²) < 4.78 is 0. The van der Waals surface area contributed by atoms with E-state index < -0.39 is 0 Å². The molecular formula is C12H13N3O. The molecule has 0 saturated heterocycles. The number of aromatic nitrogens is 1. The lowest BCUT2D eigenvalue weighted by atomic mass is 10.00. The Labute approximate surface area is 93.8 Å². The lowest BCUT2D eigenvalue weighted by Crippen LogP contribution is -2.20. The van der Waals surface area contributed by atoms with Gasteiger partial charge in [-0.1, -0.05) is 6.08 Å². The highest BCUT2D eigenvalue weighted by Crippen LogP contribution is 2.22. The Bertz CT molecular complexity index is 479. The third kappa shape index (κ3) is 1.51. The van der Waals surface area contributed by atoms with Crippen LogP contribution < -0.4 is 10.6 Å². The summed E-state index contributed by atoms with van der Waals surface area (Å²) in [6, 6.07) is 2.08. The maximum Gasteiger partial charge on any atom is 0.270 e. The van der Waals surface area contributed by atoms with Gasteiger partial charge in [-0.25, -0.2) is 0 Å². The number of pyridine rings is 1. The molecule has 3 rings (SSSR count). The van der Waals surface area contributed by atoms with E-state index in [1.807, 2.05) is 0 Å². The molecule has 0 bridgehead atoms. The maximum atomic E-state index is 11.4. The van der Waals surface area contributed by atoms with Gasteiger partial charge in [-0.05, 0) is 30.2 Å². The van der Waals surface area contributed by atoms with Gasteiger partial charge in [0.05, 0.1) is 0 Å². The molecule has 2 N–H and O–H groups in total. The van der Waals surface area contributed by atoms with E-state index in [0.717, 1.165) is 30.6 Å². The van der Waals surface area contributed by atoms with Gasteiger partial charge in [0.25, 0.3) is 5.91 Å². The largest absolute Gasteiger partial charge is 0.347 e. The van der Waals surface area contributed by atoms with Gasteiger partial charge in [0.1, 0.15) is 5.69 Å². The Morgan fingerprint density at radius 3 is 3.12 bits per heavy atom. The molecule has 0 fully saturated rings. The summed E-state index contributed by atoms with van der Waals surface area (Å²) >= 11 is 0. The van der Waals surface area contributed by atoms with Crippen LogP contribution in [0.25, 0.3) is 5.57 Å². The average molecular weight is 215 g/mol. The van der Waals surface area contributed by atoms with Crippen LogP contribution >= 0.6 is 0 Å². The van der Waals surface area contributed by atoms with Crippen molar-refractivity contribution in [2.75, 3.05) is 13.1 Å². The van der Waals surface area contributed by atoms with Gasteiger partial charge in [-0.15, -0.1) is 0 Å². The molecule has 82 valence electrons. The highest BCUT2D eigenvalue weighted by atomic mass is 16.2. The van der Waals surface area contributed by atoms with Crippen molar-refractivity contribution in [3.05, 3.63) is 35.2 Å². The first-order valence-electron chi connectivity index (χ1n) is 5.52. The van der Waals surface area contributed by atoms with Crippen molar-refractivity contribution >= 4 is 11.5 Å². The number of nitrogens with zero attached hydrogens (tertiary/aromatic N) is 1. The lowest BCUT2D eigenvalue weighted by Gasteiger charge is -2.14. The minimum absolute atomic E-state index is 0.0548. The third-order valence-electron chi connectivity index (χ3n) is 3.06. The Kier molecular flexibility index (Phi) is 2.22. The van der Waals surface area contributed by atoms with Crippen molar-refractivity contribution in [2.24, 2.45) is 0 Å². The first-order chi connectivity index (χ1) is 7.84. The van der Waals surface area contributed by atoms with E-state index in [-0.39, 0.29) is 5.91 Å². The van der Waals surface area contributed by atoms with Crippen molar-refractivity contribution in [1.82, 2.24) is 15.6 Å². The van der Waals surface area contributed by atoms with Crippen LogP contribution in [0.4, 0.5) is 0 Å². The molecule has 2 aliphatic rings. The van der Waals surface area contributed by atoms with Crippen LogP contribution in [0.15, 0.2) is 18.3 Å². The SMILES string of the molecule is O=C1NCc2cc(C3=CCNCC3)cnc21. The Morgan fingerprint density at radius 1 is 1.38 bits per heavy atom. The fraction of sp³-hybridized carbons (Fsp3) is 0.333. The third-order valence-corrected chi connectivity index (χ3v) is 3.06. The predicted molar refractivity (Wildman–Crippen MR) is 60.9 cm³/mol. The van der Waals surface area contributed by atoms with E-state index in [4.69, 9.17) is 0 Å². The number of carbonyl (C=O) groups excluding carboxylic acids is 1. The normalized spacial score (nSPS) is 19.0. The monoisotopic (exact) mass is 215 g/mol. The first-order valence-corrected chi connectivity index (χ1v) is 5.52. The molecular weight excluding hydrogens is 202 g/mol. The molecule has 0 spiro atoms. The van der Waals surface area contributed by atoms with Crippen LogP contribution in [0.2, 0.25) is 0 Å². The van der Waals surface area contributed by atoms with Crippen molar-refractivity contribution < 1.29 is 4.79 Å². The molecule has 16 heavy (non-hydrogen) atoms. The molecule has 0 saturated carbocycles. The molecule has 1 aromatic rings. The minimum Gasteiger partial charge on any atom is -0.347 e. The average Bonchev–Trinajstić information content (AvgIpc) is 2.72. The van der Waals surface area contributed by atoms with Crippen LogP contribution in [-0.4, -0.2) is 24.0 Å². The first kappa shape index (κ1) is 9.54. The molecule has 3 heterocycles. The number of nitrogens with one attached hydrogen (secondary N) is 2. The van der Waals surface area contributed by atoms with Gasteiger partial charge in [0.15, 0.2) is 0 Å². The standard InChI is InChI=1S/C12H13N3O/c16-12-11-10(7-15-12)5-9(6-14-11)8-1-3-13-4-2-8/h1,5-6,13H,2-4,7H2,(H,15,16). The maximum absolute atomic E-state index is 11.4. The zero-order valence-electron chi connectivity index (χ0n) is 8.92. The fourth-order valence-corrected chi connectivity index (χ4v) is 2.17. The van der Waals surface area contributed by atoms with Crippen molar-refractivity contribution in [1.29, 1.82) is 0 Å². The summed E-state index contributed by atoms with van der Waals surface area (Å²) in [5, 5.41) is 6.06.